The predicted octanol–water partition coefficient (Wildman–Crippen LogP) is 5.93. The summed E-state index contributed by atoms with van der Waals surface area (Å²) in [5.74, 6) is -2.76. The number of carbonyl (C=O) groups is 5. The van der Waals surface area contributed by atoms with E-state index in [4.69, 9.17) is 37.0 Å². The lowest BCUT2D eigenvalue weighted by atomic mass is 10.0. The first kappa shape index (κ1) is 61.6. The van der Waals surface area contributed by atoms with Crippen molar-refractivity contribution >= 4 is 90.8 Å². The molecule has 5 amide bonds. The number of thiol groups is 2. The van der Waals surface area contributed by atoms with Gasteiger partial charge in [-0.05, 0) is 69.4 Å². The van der Waals surface area contributed by atoms with Crippen molar-refractivity contribution in [2.75, 3.05) is 30.9 Å². The standard InChI is InChI=1S/C50H63N11O17P2S2/c1-26(2)37(56-48(67)76-50(4,5)6)44(65)54-27(3)42(63)55-31-14-12-28(13-15-31)21-71-49(68)60(7)20-29-10-8-9-11-33(29)43(64)58-47-57-41-38(45(66)59-47)53-25-61(41)46-40-39(62)35(75-46)23-73-79(69,81)77-34-19-32(74-36-16-17-51-24-52-36)18-30(34)22-72-80(70,82)78-40/h8-17,24-27,30,32,34-35,37,39-40,46,62H,18-23H2,1-7H3,(H,54,65)(H,55,63)(H,56,67)(H,69,81)(H,70,82)(H2,57,58,59,64,66)/t27-,30+,32+,34-,35+,37-,39+,40+,46+,79+,80+/m0/s1. The highest BCUT2D eigenvalue weighted by Crippen LogP contribution is 2.60. The molecular weight excluding hydrogens is 1150 g/mol. The lowest BCUT2D eigenvalue weighted by Crippen LogP contribution is -2.54. The van der Waals surface area contributed by atoms with Gasteiger partial charge < -0.3 is 49.4 Å². The molecule has 3 fully saturated rings. The summed E-state index contributed by atoms with van der Waals surface area (Å²) in [6, 6.07) is 12.4. The fourth-order valence-electron chi connectivity index (χ4n) is 8.97. The number of amides is 5. The Labute approximate surface area is 480 Å². The first-order valence-corrected chi connectivity index (χ1v) is 31.1. The number of aromatic nitrogens is 6. The second kappa shape index (κ2) is 26.0. The molecule has 1 aliphatic carbocycles. The van der Waals surface area contributed by atoms with Crippen LogP contribution < -0.4 is 31.6 Å². The topological polar surface area (TPSA) is 354 Å². The van der Waals surface area contributed by atoms with E-state index in [1.165, 1.54) is 42.0 Å². The van der Waals surface area contributed by atoms with Crippen LogP contribution in [0.1, 0.15) is 82.1 Å². The molecule has 0 radical (unpaired) electrons. The SMILES string of the molecule is CC(C)[C@H](NC(=O)OC(C)(C)C)C(=O)N[C@@H](C)C(=O)Nc1ccc(COC(=O)N(C)Cc2ccccc2C(=O)Nc2nc3c(ncn3[C@@H]3O[C@@H]4CO[P@@](=O)(S)O[C@H]5C[C@H](Oc6ccncn6)C[C@@H]5CO[P@@](=O)(S)O[C@@H]3[C@@H]4O)c(=O)[nH]2)cc1. The molecule has 6 N–H and O–H groups in total. The van der Waals surface area contributed by atoms with Crippen LogP contribution in [0.2, 0.25) is 0 Å². The van der Waals surface area contributed by atoms with Gasteiger partial charge in [0.1, 0.15) is 55.0 Å². The summed E-state index contributed by atoms with van der Waals surface area (Å²) in [7, 11) is 1.47. The van der Waals surface area contributed by atoms with Crippen LogP contribution in [0.5, 0.6) is 5.88 Å². The maximum absolute atomic E-state index is 13.9. The van der Waals surface area contributed by atoms with Crippen LogP contribution in [0.4, 0.5) is 21.2 Å². The van der Waals surface area contributed by atoms with Gasteiger partial charge >= 0.3 is 25.8 Å². The number of hydrogen-bond donors (Lipinski definition) is 8. The van der Waals surface area contributed by atoms with Crippen molar-refractivity contribution in [1.29, 1.82) is 0 Å². The highest BCUT2D eigenvalue weighted by atomic mass is 32.7. The van der Waals surface area contributed by atoms with E-state index in [9.17, 15) is 43.0 Å². The van der Waals surface area contributed by atoms with Gasteiger partial charge in [0.05, 0.1) is 25.6 Å². The molecule has 3 aromatic heterocycles. The third kappa shape index (κ3) is 16.0. The van der Waals surface area contributed by atoms with Crippen LogP contribution >= 0.6 is 38.1 Å². The number of benzene rings is 2. The second-order valence-electron chi connectivity index (χ2n) is 20.9. The molecule has 8 rings (SSSR count). The molecule has 2 saturated heterocycles. The molecule has 2 aliphatic heterocycles. The molecule has 5 aromatic rings. The molecule has 3 aliphatic rings. The number of ether oxygens (including phenoxy) is 4. The molecule has 28 nitrogen and oxygen atoms in total. The summed E-state index contributed by atoms with van der Waals surface area (Å²) in [6.45, 7) is 0.429. The van der Waals surface area contributed by atoms with E-state index in [0.29, 0.717) is 22.7 Å². The Bertz CT molecular complexity index is 3300. The number of fused-ring (bicyclic) bond motifs is 4. The van der Waals surface area contributed by atoms with Crippen LogP contribution in [-0.2, 0) is 64.2 Å². The predicted molar refractivity (Wildman–Crippen MR) is 299 cm³/mol. The average molecular weight is 1220 g/mol. The lowest BCUT2D eigenvalue weighted by Gasteiger charge is -2.26. The van der Waals surface area contributed by atoms with Crippen molar-refractivity contribution in [1.82, 2.24) is 45.0 Å². The van der Waals surface area contributed by atoms with Gasteiger partial charge in [-0.15, -0.1) is 0 Å². The minimum Gasteiger partial charge on any atom is -0.474 e. The number of aliphatic hydroxyl groups excluding tert-OH is 1. The van der Waals surface area contributed by atoms with E-state index < -0.39 is 116 Å². The smallest absolute Gasteiger partial charge is 0.410 e. The van der Waals surface area contributed by atoms with Gasteiger partial charge in [-0.25, -0.2) is 33.7 Å². The molecule has 11 atom stereocenters. The van der Waals surface area contributed by atoms with E-state index in [0.717, 1.165) is 6.33 Å². The minimum absolute atomic E-state index is 0.0987. The lowest BCUT2D eigenvalue weighted by molar-refractivity contribution is -0.128. The van der Waals surface area contributed by atoms with E-state index in [1.54, 1.807) is 83.1 Å². The van der Waals surface area contributed by atoms with E-state index in [1.807, 2.05) is 0 Å². The second-order valence-corrected chi connectivity index (χ2v) is 26.6. The number of anilines is 2. The number of nitrogens with zero attached hydrogens (tertiary/aromatic N) is 6. The average Bonchev–Trinajstić information content (AvgIpc) is 4.17. The number of hydrogen-bond acceptors (Lipinski definition) is 21. The first-order valence-electron chi connectivity index (χ1n) is 25.7. The number of H-pyrrole nitrogens is 1. The Morgan fingerprint density at radius 1 is 0.915 bits per heavy atom. The van der Waals surface area contributed by atoms with Gasteiger partial charge in [-0.1, -0.05) is 68.7 Å². The summed E-state index contributed by atoms with van der Waals surface area (Å²) in [5.41, 5.74) is -0.512. The summed E-state index contributed by atoms with van der Waals surface area (Å²) >= 11 is 8.42. The number of imidazole rings is 1. The quantitative estimate of drug-likeness (QED) is 0.0444. The van der Waals surface area contributed by atoms with Gasteiger partial charge in [-0.3, -0.25) is 47.6 Å². The zero-order chi connectivity index (χ0) is 59.3. The van der Waals surface area contributed by atoms with Crippen molar-refractivity contribution < 1.29 is 75.3 Å². The number of carbonyl (C=O) groups excluding carboxylic acids is 5. The zero-order valence-corrected chi connectivity index (χ0v) is 49.0. The maximum Gasteiger partial charge on any atom is 0.410 e. The van der Waals surface area contributed by atoms with Crippen molar-refractivity contribution in [3.05, 3.63) is 100 Å². The van der Waals surface area contributed by atoms with E-state index in [-0.39, 0.29) is 61.2 Å². The Hall–Kier alpha value is -6.46. The third-order valence-electron chi connectivity index (χ3n) is 13.0. The summed E-state index contributed by atoms with van der Waals surface area (Å²) in [5, 5.41) is 22.0. The fourth-order valence-corrected chi connectivity index (χ4v) is 12.0. The highest BCUT2D eigenvalue weighted by Gasteiger charge is 2.51. The van der Waals surface area contributed by atoms with Crippen LogP contribution in [0, 0.1) is 11.8 Å². The number of rotatable bonds is 15. The van der Waals surface area contributed by atoms with Crippen LogP contribution in [0.3, 0.4) is 0 Å². The molecule has 2 bridgehead atoms. The van der Waals surface area contributed by atoms with Crippen molar-refractivity contribution in [3.63, 3.8) is 0 Å². The Morgan fingerprint density at radius 2 is 1.63 bits per heavy atom. The zero-order valence-electron chi connectivity index (χ0n) is 45.4. The first-order chi connectivity index (χ1) is 38.7. The molecule has 0 unspecified atom stereocenters. The molecule has 5 heterocycles. The molecule has 1 saturated carbocycles. The number of nitrogens with one attached hydrogen (secondary N) is 5. The number of aliphatic hydroxyl groups is 1. The van der Waals surface area contributed by atoms with Gasteiger partial charge in [0.2, 0.25) is 23.6 Å². The molecule has 0 spiro atoms. The van der Waals surface area contributed by atoms with Crippen molar-refractivity contribution in [3.8, 4) is 5.88 Å². The third-order valence-corrected chi connectivity index (χ3v) is 16.3. The number of aromatic amines is 1. The summed E-state index contributed by atoms with van der Waals surface area (Å²) in [6.07, 6.45) is -4.32. The van der Waals surface area contributed by atoms with Gasteiger partial charge in [0.15, 0.2) is 17.4 Å². The maximum atomic E-state index is 13.9. The van der Waals surface area contributed by atoms with Crippen LogP contribution in [0.25, 0.3) is 11.2 Å². The summed E-state index contributed by atoms with van der Waals surface area (Å²) < 4.78 is 74.9. The van der Waals surface area contributed by atoms with Gasteiger partial charge in [0.25, 0.3) is 11.5 Å². The Morgan fingerprint density at radius 3 is 2.34 bits per heavy atom. The highest BCUT2D eigenvalue weighted by molar-refractivity contribution is 8.44. The largest absolute Gasteiger partial charge is 0.474 e. The van der Waals surface area contributed by atoms with Gasteiger partial charge in [-0.2, -0.15) is 4.98 Å². The monoisotopic (exact) mass is 1220 g/mol. The van der Waals surface area contributed by atoms with Gasteiger partial charge in [0, 0.05) is 49.4 Å². The van der Waals surface area contributed by atoms with Crippen molar-refractivity contribution in [2.45, 2.75) is 122 Å². The van der Waals surface area contributed by atoms with Crippen LogP contribution in [0.15, 0.2) is 78.2 Å². The minimum atomic E-state index is -4.37. The normalized spacial score (nSPS) is 25.5. The molecule has 82 heavy (non-hydrogen) atoms. The molecule has 32 heteroatoms. The van der Waals surface area contributed by atoms with E-state index in [2.05, 4.69) is 70.7 Å². The molecular formula is C50H63N11O17P2S2. The molecule has 2 aromatic carbocycles. The molecule has 442 valence electrons. The van der Waals surface area contributed by atoms with E-state index >= 15 is 0 Å². The number of alkyl carbamates (subject to hydrolysis) is 1. The van der Waals surface area contributed by atoms with Crippen LogP contribution in [-0.4, -0.2) is 138 Å². The van der Waals surface area contributed by atoms with Crippen molar-refractivity contribution in [2.24, 2.45) is 11.8 Å². The summed E-state index contributed by atoms with van der Waals surface area (Å²) in [4.78, 5) is 99.4. The fraction of sp³-hybridized carbons (Fsp3) is 0.480. The Kier molecular flexibility index (Phi) is 19.5. The Balaban J connectivity index is 0.877.